The lowest BCUT2D eigenvalue weighted by Gasteiger charge is -2.31. The summed E-state index contributed by atoms with van der Waals surface area (Å²) in [4.78, 5) is 14.4. The van der Waals surface area contributed by atoms with Gasteiger partial charge < -0.3 is 14.8 Å². The molecule has 2 aromatic rings. The molecule has 1 aliphatic heterocycles. The van der Waals surface area contributed by atoms with Crippen LogP contribution in [0.5, 0.6) is 5.75 Å². The van der Waals surface area contributed by atoms with Gasteiger partial charge in [-0.1, -0.05) is 0 Å². The van der Waals surface area contributed by atoms with Crippen molar-refractivity contribution in [3.63, 3.8) is 0 Å². The SMILES string of the molecule is COc1ccc(-c2ccc(C3(CC(=O)OC(C)(C)C)CCNCCS3(=O)=O)s2)cc1. The third-order valence-electron chi connectivity index (χ3n) is 5.13. The number of ether oxygens (including phenoxy) is 2. The number of methoxy groups -OCH3 is 1. The second-order valence-electron chi connectivity index (χ2n) is 8.47. The number of rotatable bonds is 5. The molecular formula is C22H29NO5S2. The number of sulfone groups is 1. The second-order valence-corrected chi connectivity index (χ2v) is 12.0. The van der Waals surface area contributed by atoms with Crippen LogP contribution in [-0.2, 0) is 24.1 Å². The molecule has 1 saturated heterocycles. The topological polar surface area (TPSA) is 81.7 Å². The molecule has 0 amide bonds. The van der Waals surface area contributed by atoms with Gasteiger partial charge in [0.05, 0.1) is 19.3 Å². The van der Waals surface area contributed by atoms with E-state index >= 15 is 0 Å². The Labute approximate surface area is 182 Å². The summed E-state index contributed by atoms with van der Waals surface area (Å²) in [7, 11) is -1.96. The Balaban J connectivity index is 2.02. The fraction of sp³-hybridized carbons (Fsp3) is 0.500. The second kappa shape index (κ2) is 8.69. The zero-order chi connectivity index (χ0) is 22.0. The maximum atomic E-state index is 13.4. The number of hydrogen-bond acceptors (Lipinski definition) is 7. The minimum atomic E-state index is -3.58. The highest BCUT2D eigenvalue weighted by molar-refractivity contribution is 7.92. The standard InChI is InChI=1S/C22H29NO5S2/c1-21(2,3)28-20(24)15-22(11-12-23-13-14-30(22,25)26)19-10-9-18(29-19)16-5-7-17(27-4)8-6-16/h5-10,23H,11-15H2,1-4H3. The van der Waals surface area contributed by atoms with Crippen molar-refractivity contribution >= 4 is 27.1 Å². The Morgan fingerprint density at radius 1 is 1.13 bits per heavy atom. The smallest absolute Gasteiger partial charge is 0.308 e. The average molecular weight is 452 g/mol. The number of hydrogen-bond donors (Lipinski definition) is 1. The van der Waals surface area contributed by atoms with E-state index in [2.05, 4.69) is 5.32 Å². The first kappa shape index (κ1) is 22.8. The minimum Gasteiger partial charge on any atom is -0.497 e. The molecule has 0 aliphatic carbocycles. The molecular weight excluding hydrogens is 422 g/mol. The maximum absolute atomic E-state index is 13.4. The number of carbonyl (C=O) groups excluding carboxylic acids is 1. The first-order valence-corrected chi connectivity index (χ1v) is 12.4. The highest BCUT2D eigenvalue weighted by atomic mass is 32.2. The molecule has 0 spiro atoms. The van der Waals surface area contributed by atoms with Crippen molar-refractivity contribution in [2.75, 3.05) is 26.0 Å². The Kier molecular flexibility index (Phi) is 6.60. The van der Waals surface area contributed by atoms with Crippen molar-refractivity contribution in [3.05, 3.63) is 41.3 Å². The van der Waals surface area contributed by atoms with E-state index < -0.39 is 26.2 Å². The van der Waals surface area contributed by atoms with Gasteiger partial charge in [-0.25, -0.2) is 8.42 Å². The summed E-state index contributed by atoms with van der Waals surface area (Å²) >= 11 is 1.42. The van der Waals surface area contributed by atoms with Crippen LogP contribution in [0.2, 0.25) is 0 Å². The van der Waals surface area contributed by atoms with E-state index in [0.717, 1.165) is 16.2 Å². The number of carbonyl (C=O) groups is 1. The largest absolute Gasteiger partial charge is 0.497 e. The summed E-state index contributed by atoms with van der Waals surface area (Å²) in [6.45, 7) is 6.27. The predicted octanol–water partition coefficient (Wildman–Crippen LogP) is 3.76. The Morgan fingerprint density at radius 2 is 1.83 bits per heavy atom. The number of benzene rings is 1. The summed E-state index contributed by atoms with van der Waals surface area (Å²) in [5.41, 5.74) is 0.304. The molecule has 1 atom stereocenters. The van der Waals surface area contributed by atoms with Gasteiger partial charge in [-0.05, 0) is 75.7 Å². The molecule has 2 heterocycles. The molecule has 30 heavy (non-hydrogen) atoms. The van der Waals surface area contributed by atoms with Gasteiger partial charge in [-0.2, -0.15) is 0 Å². The normalized spacial score (nSPS) is 21.6. The first-order valence-electron chi connectivity index (χ1n) is 9.96. The lowest BCUT2D eigenvalue weighted by Crippen LogP contribution is -2.40. The van der Waals surface area contributed by atoms with Crippen LogP contribution >= 0.6 is 11.3 Å². The van der Waals surface area contributed by atoms with E-state index in [1.165, 1.54) is 11.3 Å². The quantitative estimate of drug-likeness (QED) is 0.697. The molecule has 1 unspecified atom stereocenters. The first-order chi connectivity index (χ1) is 14.1. The molecule has 164 valence electrons. The van der Waals surface area contributed by atoms with Crippen molar-refractivity contribution in [3.8, 4) is 16.2 Å². The molecule has 1 aromatic carbocycles. The predicted molar refractivity (Wildman–Crippen MR) is 120 cm³/mol. The van der Waals surface area contributed by atoms with Crippen LogP contribution in [0.25, 0.3) is 10.4 Å². The van der Waals surface area contributed by atoms with Gasteiger partial charge in [0.15, 0.2) is 9.84 Å². The molecule has 1 aliphatic rings. The highest BCUT2D eigenvalue weighted by Crippen LogP contribution is 2.45. The molecule has 1 N–H and O–H groups in total. The van der Waals surface area contributed by atoms with E-state index in [0.29, 0.717) is 24.4 Å². The maximum Gasteiger partial charge on any atom is 0.308 e. The van der Waals surface area contributed by atoms with Crippen LogP contribution < -0.4 is 10.1 Å². The zero-order valence-corrected chi connectivity index (χ0v) is 19.5. The van der Waals surface area contributed by atoms with Crippen molar-refractivity contribution in [2.45, 2.75) is 44.0 Å². The zero-order valence-electron chi connectivity index (χ0n) is 17.9. The number of nitrogens with one attached hydrogen (secondary N) is 1. The van der Waals surface area contributed by atoms with Crippen LogP contribution in [0, 0.1) is 0 Å². The lowest BCUT2D eigenvalue weighted by atomic mass is 9.97. The molecule has 0 bridgehead atoms. The number of esters is 1. The summed E-state index contributed by atoms with van der Waals surface area (Å²) in [5, 5.41) is 3.16. The molecule has 0 saturated carbocycles. The van der Waals surface area contributed by atoms with Gasteiger partial charge in [-0.3, -0.25) is 4.79 Å². The lowest BCUT2D eigenvalue weighted by molar-refractivity contribution is -0.155. The van der Waals surface area contributed by atoms with Crippen LogP contribution in [0.15, 0.2) is 36.4 Å². The van der Waals surface area contributed by atoms with Crippen LogP contribution in [0.3, 0.4) is 0 Å². The van der Waals surface area contributed by atoms with E-state index in [1.54, 1.807) is 27.9 Å². The summed E-state index contributed by atoms with van der Waals surface area (Å²) in [6.07, 6.45) is 0.147. The van der Waals surface area contributed by atoms with E-state index in [9.17, 15) is 13.2 Å². The Bertz CT molecular complexity index is 989. The number of thiophene rings is 1. The van der Waals surface area contributed by atoms with Crippen molar-refractivity contribution in [1.82, 2.24) is 5.32 Å². The van der Waals surface area contributed by atoms with Gasteiger partial charge in [0.25, 0.3) is 0 Å². The van der Waals surface area contributed by atoms with Gasteiger partial charge in [0.1, 0.15) is 16.1 Å². The van der Waals surface area contributed by atoms with E-state index in [1.807, 2.05) is 36.4 Å². The summed E-state index contributed by atoms with van der Waals surface area (Å²) < 4.78 is 36.2. The minimum absolute atomic E-state index is 0.00837. The average Bonchev–Trinajstić information content (AvgIpc) is 3.10. The van der Waals surface area contributed by atoms with Crippen molar-refractivity contribution in [1.29, 1.82) is 0 Å². The molecule has 6 nitrogen and oxygen atoms in total. The highest BCUT2D eigenvalue weighted by Gasteiger charge is 2.49. The molecule has 3 rings (SSSR count). The molecule has 0 radical (unpaired) electrons. The van der Waals surface area contributed by atoms with Gasteiger partial charge in [-0.15, -0.1) is 11.3 Å². The third kappa shape index (κ3) is 4.87. The molecule has 8 heteroatoms. The Hall–Kier alpha value is -1.90. The summed E-state index contributed by atoms with van der Waals surface area (Å²) in [6, 6.07) is 11.4. The third-order valence-corrected chi connectivity index (χ3v) is 9.10. The van der Waals surface area contributed by atoms with E-state index in [-0.39, 0.29) is 12.2 Å². The molecule has 1 fully saturated rings. The van der Waals surface area contributed by atoms with Gasteiger partial charge in [0.2, 0.25) is 0 Å². The van der Waals surface area contributed by atoms with Gasteiger partial charge in [0, 0.05) is 16.3 Å². The van der Waals surface area contributed by atoms with E-state index in [4.69, 9.17) is 9.47 Å². The van der Waals surface area contributed by atoms with Crippen molar-refractivity contribution in [2.24, 2.45) is 0 Å². The van der Waals surface area contributed by atoms with Gasteiger partial charge >= 0.3 is 5.97 Å². The van der Waals surface area contributed by atoms with Crippen LogP contribution in [0.1, 0.15) is 38.5 Å². The monoisotopic (exact) mass is 451 g/mol. The van der Waals surface area contributed by atoms with Crippen LogP contribution in [0.4, 0.5) is 0 Å². The fourth-order valence-corrected chi connectivity index (χ4v) is 7.20. The fourth-order valence-electron chi connectivity index (χ4n) is 3.64. The Morgan fingerprint density at radius 3 is 2.47 bits per heavy atom. The molecule has 1 aromatic heterocycles. The van der Waals surface area contributed by atoms with Crippen LogP contribution in [-0.4, -0.2) is 45.9 Å². The van der Waals surface area contributed by atoms with Crippen molar-refractivity contribution < 1.29 is 22.7 Å². The summed E-state index contributed by atoms with van der Waals surface area (Å²) in [5.74, 6) is 0.257.